The molecule has 110 valence electrons. The van der Waals surface area contributed by atoms with Gasteiger partial charge in [-0.25, -0.2) is 13.2 Å². The van der Waals surface area contributed by atoms with Crippen LogP contribution in [0.2, 0.25) is 0 Å². The summed E-state index contributed by atoms with van der Waals surface area (Å²) in [5, 5.41) is 8.60. The van der Waals surface area contributed by atoms with Crippen LogP contribution in [0.4, 0.5) is 0 Å². The Kier molecular flexibility index (Phi) is 6.24. The van der Waals surface area contributed by atoms with E-state index in [0.717, 1.165) is 6.08 Å². The fourth-order valence-electron chi connectivity index (χ4n) is 1.60. The van der Waals surface area contributed by atoms with Crippen molar-refractivity contribution in [2.24, 2.45) is 0 Å². The van der Waals surface area contributed by atoms with E-state index >= 15 is 0 Å². The Bertz CT molecular complexity index is 575. The molecule has 0 atom stereocenters. The van der Waals surface area contributed by atoms with Crippen molar-refractivity contribution in [3.05, 3.63) is 35.9 Å². The van der Waals surface area contributed by atoms with Crippen molar-refractivity contribution in [2.45, 2.75) is 13.3 Å². The van der Waals surface area contributed by atoms with E-state index in [1.165, 1.54) is 6.08 Å². The summed E-state index contributed by atoms with van der Waals surface area (Å²) in [4.78, 5) is 10.5. The molecule has 0 spiro atoms. The number of aliphatic carboxylic acids is 1. The molecule has 0 saturated carbocycles. The Morgan fingerprint density at radius 2 is 2.00 bits per heavy atom. The molecule has 0 heterocycles. The second-order valence-electron chi connectivity index (χ2n) is 4.21. The predicted molar refractivity (Wildman–Crippen MR) is 77.6 cm³/mol. The number of benzene rings is 1. The van der Waals surface area contributed by atoms with Crippen LogP contribution >= 0.6 is 0 Å². The van der Waals surface area contributed by atoms with E-state index in [2.05, 4.69) is 0 Å². The number of ether oxygens (including phenoxy) is 1. The van der Waals surface area contributed by atoms with Gasteiger partial charge >= 0.3 is 5.97 Å². The highest BCUT2D eigenvalue weighted by Gasteiger charge is 2.10. The number of sulfone groups is 1. The van der Waals surface area contributed by atoms with E-state index in [1.54, 1.807) is 24.3 Å². The molecule has 1 aromatic rings. The maximum absolute atomic E-state index is 11.5. The zero-order valence-corrected chi connectivity index (χ0v) is 12.1. The summed E-state index contributed by atoms with van der Waals surface area (Å²) in [5.74, 6) is -0.476. The van der Waals surface area contributed by atoms with E-state index in [4.69, 9.17) is 9.84 Å². The standard InChI is InChI=1S/C14H18O5S/c1-2-10-20(17,18)11-9-19-13-6-4-3-5-12(13)7-8-14(15)16/h3-8H,2,9-11H2,1H3,(H,15,16)/b8-7+. The monoisotopic (exact) mass is 298 g/mol. The van der Waals surface area contributed by atoms with Crippen LogP contribution in [-0.2, 0) is 14.6 Å². The van der Waals surface area contributed by atoms with Gasteiger partial charge in [0, 0.05) is 11.6 Å². The largest absolute Gasteiger partial charge is 0.492 e. The van der Waals surface area contributed by atoms with Crippen LogP contribution in [0, 0.1) is 0 Å². The van der Waals surface area contributed by atoms with Gasteiger partial charge in [-0.3, -0.25) is 0 Å². The highest BCUT2D eigenvalue weighted by Crippen LogP contribution is 2.19. The first kappa shape index (κ1) is 16.2. The fraction of sp³-hybridized carbons (Fsp3) is 0.357. The summed E-state index contributed by atoms with van der Waals surface area (Å²) in [6.45, 7) is 1.87. The Hall–Kier alpha value is -1.82. The molecule has 1 N–H and O–H groups in total. The smallest absolute Gasteiger partial charge is 0.328 e. The Morgan fingerprint density at radius 1 is 1.30 bits per heavy atom. The molecule has 0 fully saturated rings. The first-order chi connectivity index (χ1) is 9.44. The number of rotatable bonds is 8. The Balaban J connectivity index is 2.67. The molecule has 0 aliphatic heterocycles. The van der Waals surface area contributed by atoms with Crippen molar-refractivity contribution >= 4 is 21.9 Å². The normalized spacial score (nSPS) is 11.7. The molecule has 0 unspecified atom stereocenters. The van der Waals surface area contributed by atoms with Crippen LogP contribution in [0.3, 0.4) is 0 Å². The number of para-hydroxylation sites is 1. The lowest BCUT2D eigenvalue weighted by Gasteiger charge is -2.09. The topological polar surface area (TPSA) is 80.7 Å². The predicted octanol–water partition coefficient (Wildman–Crippen LogP) is 1.99. The zero-order valence-electron chi connectivity index (χ0n) is 11.3. The lowest BCUT2D eigenvalue weighted by Crippen LogP contribution is -2.16. The average molecular weight is 298 g/mol. The van der Waals surface area contributed by atoms with Gasteiger partial charge in [-0.1, -0.05) is 25.1 Å². The van der Waals surface area contributed by atoms with E-state index in [1.807, 2.05) is 6.92 Å². The van der Waals surface area contributed by atoms with Gasteiger partial charge in [-0.05, 0) is 18.6 Å². The van der Waals surface area contributed by atoms with Gasteiger partial charge in [0.25, 0.3) is 0 Å². The molecule has 1 rings (SSSR count). The molecule has 5 nitrogen and oxygen atoms in total. The maximum Gasteiger partial charge on any atom is 0.328 e. The van der Waals surface area contributed by atoms with E-state index in [9.17, 15) is 13.2 Å². The number of carboxylic acid groups (broad SMARTS) is 1. The molecule has 0 aliphatic carbocycles. The van der Waals surface area contributed by atoms with Crippen molar-refractivity contribution < 1.29 is 23.1 Å². The van der Waals surface area contributed by atoms with Crippen LogP contribution in [0.1, 0.15) is 18.9 Å². The quantitative estimate of drug-likeness (QED) is 0.742. The Morgan fingerprint density at radius 3 is 2.65 bits per heavy atom. The van der Waals surface area contributed by atoms with E-state index in [0.29, 0.717) is 17.7 Å². The second kappa shape index (κ2) is 7.69. The second-order valence-corrected chi connectivity index (χ2v) is 6.51. The number of hydrogen-bond acceptors (Lipinski definition) is 4. The molecule has 1 aromatic carbocycles. The van der Waals surface area contributed by atoms with Crippen LogP contribution in [-0.4, -0.2) is 37.6 Å². The molecule has 0 aromatic heterocycles. The van der Waals surface area contributed by atoms with Gasteiger partial charge in [0.15, 0.2) is 9.84 Å². The van der Waals surface area contributed by atoms with Gasteiger partial charge in [-0.2, -0.15) is 0 Å². The van der Waals surface area contributed by atoms with Crippen molar-refractivity contribution in [3.63, 3.8) is 0 Å². The molecular formula is C14H18O5S. The number of carboxylic acids is 1. The maximum atomic E-state index is 11.5. The van der Waals surface area contributed by atoms with Crippen LogP contribution < -0.4 is 4.74 Å². The van der Waals surface area contributed by atoms with Crippen LogP contribution in [0.5, 0.6) is 5.75 Å². The lowest BCUT2D eigenvalue weighted by molar-refractivity contribution is -0.131. The van der Waals surface area contributed by atoms with Crippen molar-refractivity contribution in [1.29, 1.82) is 0 Å². The third-order valence-corrected chi connectivity index (χ3v) is 4.31. The van der Waals surface area contributed by atoms with Crippen molar-refractivity contribution in [3.8, 4) is 5.75 Å². The van der Waals surface area contributed by atoms with Gasteiger partial charge in [-0.15, -0.1) is 0 Å². The molecule has 0 bridgehead atoms. The molecular weight excluding hydrogens is 280 g/mol. The SMILES string of the molecule is CCCS(=O)(=O)CCOc1ccccc1/C=C/C(=O)O. The van der Waals surface area contributed by atoms with Gasteiger partial charge in [0.2, 0.25) is 0 Å². The Labute approximate surface area is 118 Å². The summed E-state index contributed by atoms with van der Waals surface area (Å²) in [7, 11) is -3.08. The zero-order chi connectivity index (χ0) is 15.0. The third kappa shape index (κ3) is 5.88. The first-order valence-corrected chi connectivity index (χ1v) is 8.10. The first-order valence-electron chi connectivity index (χ1n) is 6.28. The minimum Gasteiger partial charge on any atom is -0.492 e. The van der Waals surface area contributed by atoms with Crippen molar-refractivity contribution in [1.82, 2.24) is 0 Å². The van der Waals surface area contributed by atoms with Crippen LogP contribution in [0.25, 0.3) is 6.08 Å². The molecule has 0 aliphatic rings. The molecule has 20 heavy (non-hydrogen) atoms. The summed E-state index contributed by atoms with van der Waals surface area (Å²) < 4.78 is 28.5. The van der Waals surface area contributed by atoms with E-state index in [-0.39, 0.29) is 18.1 Å². The minimum atomic E-state index is -3.08. The number of hydrogen-bond donors (Lipinski definition) is 1. The summed E-state index contributed by atoms with van der Waals surface area (Å²) in [6.07, 6.45) is 3.01. The molecule has 0 saturated heterocycles. The lowest BCUT2D eigenvalue weighted by atomic mass is 10.2. The third-order valence-electron chi connectivity index (χ3n) is 2.49. The van der Waals surface area contributed by atoms with Gasteiger partial charge < -0.3 is 9.84 Å². The summed E-state index contributed by atoms with van der Waals surface area (Å²) in [6, 6.07) is 6.87. The van der Waals surface area contributed by atoms with Crippen LogP contribution in [0.15, 0.2) is 30.3 Å². The summed E-state index contributed by atoms with van der Waals surface area (Å²) >= 11 is 0. The molecule has 6 heteroatoms. The average Bonchev–Trinajstić information content (AvgIpc) is 2.37. The fourth-order valence-corrected chi connectivity index (χ4v) is 2.77. The summed E-state index contributed by atoms with van der Waals surface area (Å²) in [5.41, 5.74) is 0.600. The van der Waals surface area contributed by atoms with E-state index < -0.39 is 15.8 Å². The van der Waals surface area contributed by atoms with Crippen molar-refractivity contribution in [2.75, 3.05) is 18.1 Å². The highest BCUT2D eigenvalue weighted by molar-refractivity contribution is 7.91. The molecule has 0 radical (unpaired) electrons. The van der Waals surface area contributed by atoms with Gasteiger partial charge in [0.05, 0.1) is 11.5 Å². The highest BCUT2D eigenvalue weighted by atomic mass is 32.2. The number of carbonyl (C=O) groups is 1. The molecule has 0 amide bonds. The van der Waals surface area contributed by atoms with Gasteiger partial charge in [0.1, 0.15) is 12.4 Å². The minimum absolute atomic E-state index is 0.0438.